The van der Waals surface area contributed by atoms with Crippen LogP contribution in [0.5, 0.6) is 5.75 Å². The minimum atomic E-state index is 0.479. The van der Waals surface area contributed by atoms with Crippen molar-refractivity contribution in [1.82, 2.24) is 4.98 Å². The van der Waals surface area contributed by atoms with E-state index in [0.717, 1.165) is 29.6 Å². The third-order valence-corrected chi connectivity index (χ3v) is 3.41. The fourth-order valence-corrected chi connectivity index (χ4v) is 2.27. The Bertz CT molecular complexity index is 357. The number of hydrogen-bond donors (Lipinski definition) is 1. The van der Waals surface area contributed by atoms with Gasteiger partial charge in [-0.05, 0) is 30.7 Å². The Balaban J connectivity index is 2.39. The predicted molar refractivity (Wildman–Crippen MR) is 67.1 cm³/mol. The SMILES string of the molecule is CC(C)N1CCOc2cnc(SS)cc21. The third-order valence-electron chi connectivity index (χ3n) is 2.44. The number of nitrogens with zero attached hydrogens (tertiary/aromatic N) is 2. The number of thiol groups is 1. The lowest BCUT2D eigenvalue weighted by Gasteiger charge is -2.34. The zero-order valence-corrected chi connectivity index (χ0v) is 10.5. The zero-order chi connectivity index (χ0) is 10.8. The van der Waals surface area contributed by atoms with Crippen molar-refractivity contribution in [3.05, 3.63) is 12.3 Å². The molecular formula is C10H14N2OS2. The molecule has 0 fully saturated rings. The van der Waals surface area contributed by atoms with Crippen LogP contribution >= 0.6 is 22.5 Å². The molecule has 0 unspecified atom stereocenters. The molecule has 3 nitrogen and oxygen atoms in total. The molecule has 15 heavy (non-hydrogen) atoms. The molecule has 0 N–H and O–H groups in total. The van der Waals surface area contributed by atoms with Crippen LogP contribution in [-0.2, 0) is 0 Å². The van der Waals surface area contributed by atoms with Crippen molar-refractivity contribution in [3.63, 3.8) is 0 Å². The molecule has 0 radical (unpaired) electrons. The van der Waals surface area contributed by atoms with Crippen molar-refractivity contribution < 1.29 is 4.74 Å². The van der Waals surface area contributed by atoms with Gasteiger partial charge in [-0.15, -0.1) is 11.7 Å². The lowest BCUT2D eigenvalue weighted by molar-refractivity contribution is 0.301. The second-order valence-corrected chi connectivity index (χ2v) is 4.87. The van der Waals surface area contributed by atoms with E-state index in [0.29, 0.717) is 6.04 Å². The minimum Gasteiger partial charge on any atom is -0.488 e. The molecule has 0 amide bonds. The highest BCUT2D eigenvalue weighted by Gasteiger charge is 2.20. The van der Waals surface area contributed by atoms with Crippen molar-refractivity contribution in [2.24, 2.45) is 0 Å². The van der Waals surface area contributed by atoms with E-state index in [4.69, 9.17) is 4.74 Å². The van der Waals surface area contributed by atoms with Gasteiger partial charge < -0.3 is 9.64 Å². The molecule has 1 aliphatic rings. The van der Waals surface area contributed by atoms with Gasteiger partial charge in [0.05, 0.1) is 18.4 Å². The van der Waals surface area contributed by atoms with Crippen LogP contribution in [0, 0.1) is 0 Å². The normalized spacial score (nSPS) is 15.1. The first-order valence-corrected chi connectivity index (χ1v) is 6.80. The van der Waals surface area contributed by atoms with Crippen LogP contribution < -0.4 is 9.64 Å². The van der Waals surface area contributed by atoms with E-state index in [9.17, 15) is 0 Å². The topological polar surface area (TPSA) is 25.4 Å². The fraction of sp³-hybridized carbons (Fsp3) is 0.500. The first kappa shape index (κ1) is 11.0. The molecule has 1 aromatic rings. The Hall–Kier alpha value is -0.550. The Morgan fingerprint density at radius 3 is 3.07 bits per heavy atom. The van der Waals surface area contributed by atoms with Crippen LogP contribution in [0.3, 0.4) is 0 Å². The highest BCUT2D eigenvalue weighted by Crippen LogP contribution is 2.35. The summed E-state index contributed by atoms with van der Waals surface area (Å²) in [4.78, 5) is 6.57. The summed E-state index contributed by atoms with van der Waals surface area (Å²) >= 11 is 4.15. The number of fused-ring (bicyclic) bond motifs is 1. The number of hydrogen-bond acceptors (Lipinski definition) is 5. The number of ether oxygens (including phenoxy) is 1. The molecule has 0 aliphatic carbocycles. The van der Waals surface area contributed by atoms with E-state index >= 15 is 0 Å². The molecule has 2 heterocycles. The van der Waals surface area contributed by atoms with Gasteiger partial charge in [-0.3, -0.25) is 0 Å². The van der Waals surface area contributed by atoms with Gasteiger partial charge in [0.25, 0.3) is 0 Å². The largest absolute Gasteiger partial charge is 0.488 e. The Morgan fingerprint density at radius 1 is 1.60 bits per heavy atom. The van der Waals surface area contributed by atoms with Gasteiger partial charge in [0.2, 0.25) is 0 Å². The van der Waals surface area contributed by atoms with Gasteiger partial charge in [-0.2, -0.15) is 0 Å². The van der Waals surface area contributed by atoms with Gasteiger partial charge in [0.1, 0.15) is 11.6 Å². The maximum Gasteiger partial charge on any atom is 0.161 e. The van der Waals surface area contributed by atoms with Crippen LogP contribution in [0.25, 0.3) is 0 Å². The molecule has 0 aromatic carbocycles. The number of anilines is 1. The standard InChI is InChI=1S/C10H14N2OS2/c1-7(2)12-3-4-13-9-6-11-10(15-14)5-8(9)12/h5-7,14H,3-4H2,1-2H3. The summed E-state index contributed by atoms with van der Waals surface area (Å²) in [5, 5.41) is 0.910. The molecule has 2 rings (SSSR count). The van der Waals surface area contributed by atoms with Crippen molar-refractivity contribution in [2.45, 2.75) is 24.9 Å². The molecule has 0 atom stereocenters. The van der Waals surface area contributed by atoms with Crippen molar-refractivity contribution in [3.8, 4) is 5.75 Å². The van der Waals surface area contributed by atoms with Crippen LogP contribution in [0.15, 0.2) is 17.3 Å². The van der Waals surface area contributed by atoms with Gasteiger partial charge >= 0.3 is 0 Å². The van der Waals surface area contributed by atoms with Crippen LogP contribution in [0.4, 0.5) is 5.69 Å². The molecule has 0 saturated carbocycles. The highest BCUT2D eigenvalue weighted by atomic mass is 33.1. The molecule has 0 spiro atoms. The molecule has 82 valence electrons. The smallest absolute Gasteiger partial charge is 0.161 e. The van der Waals surface area contributed by atoms with E-state index in [1.54, 1.807) is 6.20 Å². The van der Waals surface area contributed by atoms with E-state index < -0.39 is 0 Å². The molecule has 1 aliphatic heterocycles. The lowest BCUT2D eigenvalue weighted by Crippen LogP contribution is -2.37. The highest BCUT2D eigenvalue weighted by molar-refractivity contribution is 8.68. The Labute approximate surface area is 99.0 Å². The van der Waals surface area contributed by atoms with Crippen LogP contribution in [-0.4, -0.2) is 24.2 Å². The first-order chi connectivity index (χ1) is 7.22. The molecule has 0 saturated heterocycles. The zero-order valence-electron chi connectivity index (χ0n) is 8.80. The van der Waals surface area contributed by atoms with Crippen LogP contribution in [0.1, 0.15) is 13.8 Å². The number of rotatable bonds is 2. The lowest BCUT2D eigenvalue weighted by atomic mass is 10.2. The summed E-state index contributed by atoms with van der Waals surface area (Å²) in [5.74, 6) is 0.876. The van der Waals surface area contributed by atoms with Crippen LogP contribution in [0.2, 0.25) is 0 Å². The van der Waals surface area contributed by atoms with E-state index in [-0.39, 0.29) is 0 Å². The van der Waals surface area contributed by atoms with Gasteiger partial charge in [-0.1, -0.05) is 0 Å². The van der Waals surface area contributed by atoms with Gasteiger partial charge in [0.15, 0.2) is 5.75 Å². The molecule has 5 heteroatoms. The summed E-state index contributed by atoms with van der Waals surface area (Å²) < 4.78 is 5.56. The van der Waals surface area contributed by atoms with Gasteiger partial charge in [0, 0.05) is 6.04 Å². The minimum absolute atomic E-state index is 0.479. The summed E-state index contributed by atoms with van der Waals surface area (Å²) in [6.07, 6.45) is 1.78. The maximum atomic E-state index is 5.56. The summed E-state index contributed by atoms with van der Waals surface area (Å²) in [6.45, 7) is 6.04. The Kier molecular flexibility index (Phi) is 3.31. The fourth-order valence-electron chi connectivity index (χ4n) is 1.71. The molecular weight excluding hydrogens is 228 g/mol. The number of aromatic nitrogens is 1. The van der Waals surface area contributed by atoms with E-state index in [1.807, 2.05) is 6.07 Å². The summed E-state index contributed by atoms with van der Waals surface area (Å²) in [5.41, 5.74) is 1.13. The quantitative estimate of drug-likeness (QED) is 0.637. The monoisotopic (exact) mass is 242 g/mol. The van der Waals surface area contributed by atoms with Gasteiger partial charge in [-0.25, -0.2) is 4.98 Å². The van der Waals surface area contributed by atoms with E-state index in [2.05, 4.69) is 35.4 Å². The Morgan fingerprint density at radius 2 is 2.40 bits per heavy atom. The van der Waals surface area contributed by atoms with Crippen molar-refractivity contribution in [2.75, 3.05) is 18.1 Å². The average molecular weight is 242 g/mol. The summed E-state index contributed by atoms with van der Waals surface area (Å²) in [7, 11) is 1.36. The molecule has 1 aromatic heterocycles. The molecule has 0 bridgehead atoms. The predicted octanol–water partition coefficient (Wildman–Crippen LogP) is 2.63. The average Bonchev–Trinajstić information content (AvgIpc) is 2.27. The first-order valence-electron chi connectivity index (χ1n) is 4.93. The van der Waals surface area contributed by atoms with Crippen molar-refractivity contribution in [1.29, 1.82) is 0 Å². The second kappa shape index (κ2) is 4.53. The number of pyridine rings is 1. The van der Waals surface area contributed by atoms with E-state index in [1.165, 1.54) is 10.8 Å². The third kappa shape index (κ3) is 2.18. The second-order valence-electron chi connectivity index (χ2n) is 3.72. The van der Waals surface area contributed by atoms with Crippen molar-refractivity contribution >= 4 is 28.1 Å². The maximum absolute atomic E-state index is 5.56. The summed E-state index contributed by atoms with van der Waals surface area (Å²) in [6, 6.07) is 2.51.